The van der Waals surface area contributed by atoms with Crippen LogP contribution < -0.4 is 0 Å². The first kappa shape index (κ1) is 14.1. The number of carboxylic acid groups (broad SMARTS) is 1. The molecule has 2 aliphatic heterocycles. The SMILES string of the molecule is CC1OCCC1N(C)C(=O)N1C[C@@H](O)C[C@H]1C(=O)O. The molecule has 0 aromatic carbocycles. The number of likely N-dealkylation sites (N-methyl/N-ethyl adjacent to an activating group) is 1. The molecule has 2 saturated heterocycles. The van der Waals surface area contributed by atoms with Crippen LogP contribution in [0.5, 0.6) is 0 Å². The summed E-state index contributed by atoms with van der Waals surface area (Å²) < 4.78 is 5.42. The lowest BCUT2D eigenvalue weighted by Gasteiger charge is -2.32. The average Bonchev–Trinajstić information content (AvgIpc) is 2.93. The number of aliphatic carboxylic acids is 1. The Morgan fingerprint density at radius 2 is 2.11 bits per heavy atom. The Hall–Kier alpha value is -1.34. The van der Waals surface area contributed by atoms with Crippen LogP contribution in [0, 0.1) is 0 Å². The van der Waals surface area contributed by atoms with Crippen LogP contribution in [0.1, 0.15) is 19.8 Å². The zero-order valence-corrected chi connectivity index (χ0v) is 11.2. The van der Waals surface area contributed by atoms with E-state index in [0.29, 0.717) is 6.61 Å². The highest BCUT2D eigenvalue weighted by molar-refractivity contribution is 5.83. The smallest absolute Gasteiger partial charge is 0.326 e. The van der Waals surface area contributed by atoms with Gasteiger partial charge in [0.2, 0.25) is 0 Å². The topological polar surface area (TPSA) is 90.3 Å². The molecule has 2 N–H and O–H groups in total. The first-order valence-electron chi connectivity index (χ1n) is 6.47. The average molecular weight is 272 g/mol. The van der Waals surface area contributed by atoms with Gasteiger partial charge < -0.3 is 24.7 Å². The van der Waals surface area contributed by atoms with E-state index in [1.807, 2.05) is 6.92 Å². The molecule has 2 heterocycles. The predicted octanol–water partition coefficient (Wildman–Crippen LogP) is -0.265. The fourth-order valence-corrected chi connectivity index (χ4v) is 2.83. The number of nitrogens with zero attached hydrogens (tertiary/aromatic N) is 2. The summed E-state index contributed by atoms with van der Waals surface area (Å²) in [4.78, 5) is 26.2. The van der Waals surface area contributed by atoms with Crippen LogP contribution in [0.4, 0.5) is 4.79 Å². The molecule has 0 aromatic heterocycles. The molecule has 2 aliphatic rings. The van der Waals surface area contributed by atoms with E-state index in [1.54, 1.807) is 7.05 Å². The summed E-state index contributed by atoms with van der Waals surface area (Å²) in [5.74, 6) is -1.07. The second kappa shape index (κ2) is 5.34. The molecule has 0 bridgehead atoms. The fourth-order valence-electron chi connectivity index (χ4n) is 2.83. The van der Waals surface area contributed by atoms with Crippen molar-refractivity contribution < 1.29 is 24.5 Å². The van der Waals surface area contributed by atoms with Crippen molar-refractivity contribution in [1.82, 2.24) is 9.80 Å². The van der Waals surface area contributed by atoms with Crippen molar-refractivity contribution >= 4 is 12.0 Å². The van der Waals surface area contributed by atoms with E-state index in [0.717, 1.165) is 6.42 Å². The summed E-state index contributed by atoms with van der Waals surface area (Å²) in [6, 6.07) is -1.34. The molecule has 0 aromatic rings. The molecule has 2 fully saturated rings. The van der Waals surface area contributed by atoms with Gasteiger partial charge in [-0.05, 0) is 13.3 Å². The monoisotopic (exact) mass is 272 g/mol. The first-order chi connectivity index (χ1) is 8.91. The van der Waals surface area contributed by atoms with Crippen molar-refractivity contribution in [2.75, 3.05) is 20.2 Å². The molecule has 0 saturated carbocycles. The van der Waals surface area contributed by atoms with Gasteiger partial charge >= 0.3 is 12.0 Å². The standard InChI is InChI=1S/C12H20N2O5/c1-7-9(3-4-19-7)13(2)12(18)14-6-8(15)5-10(14)11(16)17/h7-10,15H,3-6H2,1-2H3,(H,16,17)/t7?,8-,9?,10-/m0/s1. The van der Waals surface area contributed by atoms with Crippen LogP contribution in [-0.4, -0.2) is 76.5 Å². The zero-order valence-electron chi connectivity index (χ0n) is 11.2. The molecule has 2 amide bonds. The van der Waals surface area contributed by atoms with Crippen LogP contribution in [-0.2, 0) is 9.53 Å². The van der Waals surface area contributed by atoms with Gasteiger partial charge in [-0.3, -0.25) is 0 Å². The minimum atomic E-state index is -1.07. The van der Waals surface area contributed by atoms with E-state index in [4.69, 9.17) is 9.84 Å². The number of carbonyl (C=O) groups excluding carboxylic acids is 1. The number of carboxylic acids is 1. The third-order valence-corrected chi connectivity index (χ3v) is 3.95. The minimum absolute atomic E-state index is 0.0420. The van der Waals surface area contributed by atoms with Gasteiger partial charge in [-0.1, -0.05) is 0 Å². The molecular weight excluding hydrogens is 252 g/mol. The number of aliphatic hydroxyl groups is 1. The number of likely N-dealkylation sites (tertiary alicyclic amines) is 1. The van der Waals surface area contributed by atoms with Crippen molar-refractivity contribution in [3.63, 3.8) is 0 Å². The molecule has 0 spiro atoms. The van der Waals surface area contributed by atoms with Crippen LogP contribution in [0.15, 0.2) is 0 Å². The molecule has 108 valence electrons. The second-order valence-electron chi connectivity index (χ2n) is 5.22. The van der Waals surface area contributed by atoms with E-state index in [1.165, 1.54) is 9.80 Å². The van der Waals surface area contributed by atoms with E-state index in [9.17, 15) is 14.7 Å². The van der Waals surface area contributed by atoms with Gasteiger partial charge in [0.1, 0.15) is 6.04 Å². The van der Waals surface area contributed by atoms with Crippen molar-refractivity contribution in [1.29, 1.82) is 0 Å². The molecule has 0 radical (unpaired) electrons. The third kappa shape index (κ3) is 2.66. The molecule has 4 atom stereocenters. The van der Waals surface area contributed by atoms with Gasteiger partial charge in [0.25, 0.3) is 0 Å². The number of urea groups is 1. The zero-order chi connectivity index (χ0) is 14.2. The predicted molar refractivity (Wildman–Crippen MR) is 65.7 cm³/mol. The summed E-state index contributed by atoms with van der Waals surface area (Å²) in [5, 5.41) is 18.7. The van der Waals surface area contributed by atoms with Gasteiger partial charge in [0, 0.05) is 26.6 Å². The molecule has 0 aliphatic carbocycles. The number of β-amino-alcohol motifs (C(OH)–C–C–N with tert-alkyl or cyclic N) is 1. The second-order valence-corrected chi connectivity index (χ2v) is 5.22. The first-order valence-corrected chi connectivity index (χ1v) is 6.47. The van der Waals surface area contributed by atoms with E-state index in [2.05, 4.69) is 0 Å². The maximum atomic E-state index is 12.4. The number of ether oxygens (including phenoxy) is 1. The number of rotatable bonds is 2. The Morgan fingerprint density at radius 1 is 1.42 bits per heavy atom. The minimum Gasteiger partial charge on any atom is -0.480 e. The van der Waals surface area contributed by atoms with Gasteiger partial charge in [0.15, 0.2) is 0 Å². The lowest BCUT2D eigenvalue weighted by atomic mass is 10.1. The molecule has 2 unspecified atom stereocenters. The summed E-state index contributed by atoms with van der Waals surface area (Å²) in [5.41, 5.74) is 0. The van der Waals surface area contributed by atoms with Gasteiger partial charge in [-0.25, -0.2) is 9.59 Å². The number of hydrogen-bond acceptors (Lipinski definition) is 4. The lowest BCUT2D eigenvalue weighted by molar-refractivity contribution is -0.141. The fraction of sp³-hybridized carbons (Fsp3) is 0.833. The van der Waals surface area contributed by atoms with Crippen LogP contribution in [0.25, 0.3) is 0 Å². The van der Waals surface area contributed by atoms with Crippen LogP contribution >= 0.6 is 0 Å². The Labute approximate surface area is 111 Å². The van der Waals surface area contributed by atoms with E-state index in [-0.39, 0.29) is 31.1 Å². The Balaban J connectivity index is 2.07. The summed E-state index contributed by atoms with van der Waals surface area (Å²) >= 11 is 0. The molecule has 19 heavy (non-hydrogen) atoms. The Bertz CT molecular complexity index is 375. The Morgan fingerprint density at radius 3 is 2.63 bits per heavy atom. The highest BCUT2D eigenvalue weighted by Gasteiger charge is 2.42. The number of carbonyl (C=O) groups is 2. The molecular formula is C12H20N2O5. The van der Waals surface area contributed by atoms with Crippen LogP contribution in [0.2, 0.25) is 0 Å². The van der Waals surface area contributed by atoms with Gasteiger partial charge in [-0.2, -0.15) is 0 Å². The molecule has 7 nitrogen and oxygen atoms in total. The van der Waals surface area contributed by atoms with Crippen molar-refractivity contribution in [3.8, 4) is 0 Å². The number of amides is 2. The largest absolute Gasteiger partial charge is 0.480 e. The highest BCUT2D eigenvalue weighted by atomic mass is 16.5. The normalized spacial score (nSPS) is 34.6. The third-order valence-electron chi connectivity index (χ3n) is 3.95. The summed E-state index contributed by atoms with van der Waals surface area (Å²) in [6.45, 7) is 2.57. The van der Waals surface area contributed by atoms with Crippen molar-refractivity contribution in [2.45, 2.75) is 44.1 Å². The lowest BCUT2D eigenvalue weighted by Crippen LogP contribution is -2.51. The van der Waals surface area contributed by atoms with Crippen LogP contribution in [0.3, 0.4) is 0 Å². The highest BCUT2D eigenvalue weighted by Crippen LogP contribution is 2.24. The summed E-state index contributed by atoms with van der Waals surface area (Å²) in [7, 11) is 1.65. The van der Waals surface area contributed by atoms with Crippen molar-refractivity contribution in [3.05, 3.63) is 0 Å². The number of hydrogen-bond donors (Lipinski definition) is 2. The molecule has 2 rings (SSSR count). The Kier molecular flexibility index (Phi) is 3.96. The van der Waals surface area contributed by atoms with Gasteiger partial charge in [-0.15, -0.1) is 0 Å². The maximum Gasteiger partial charge on any atom is 0.326 e. The maximum absolute atomic E-state index is 12.4. The van der Waals surface area contributed by atoms with E-state index >= 15 is 0 Å². The molecule has 7 heteroatoms. The quantitative estimate of drug-likeness (QED) is 0.722. The van der Waals surface area contributed by atoms with Gasteiger partial charge in [0.05, 0.1) is 18.2 Å². The summed E-state index contributed by atoms with van der Waals surface area (Å²) in [6.07, 6.45) is 0.0175. The van der Waals surface area contributed by atoms with Crippen molar-refractivity contribution in [2.24, 2.45) is 0 Å². The van der Waals surface area contributed by atoms with E-state index < -0.39 is 18.1 Å². The number of aliphatic hydroxyl groups excluding tert-OH is 1.